The van der Waals surface area contributed by atoms with Crippen LogP contribution in [0.3, 0.4) is 0 Å². The minimum absolute atomic E-state index is 0.198. The molecule has 0 radical (unpaired) electrons. The van der Waals surface area contributed by atoms with Crippen LogP contribution < -0.4 is 11.2 Å². The molecule has 0 aliphatic carbocycles. The van der Waals surface area contributed by atoms with Crippen molar-refractivity contribution in [3.8, 4) is 0 Å². The number of nitrogens with zero attached hydrogens (tertiary/aromatic N) is 6. The van der Waals surface area contributed by atoms with Crippen molar-refractivity contribution < 1.29 is 19.1 Å². The fourth-order valence-electron chi connectivity index (χ4n) is 4.36. The summed E-state index contributed by atoms with van der Waals surface area (Å²) in [5.41, 5.74) is 0.180. The van der Waals surface area contributed by atoms with Crippen LogP contribution in [-0.4, -0.2) is 87.5 Å². The molecule has 3 aromatic rings. The summed E-state index contributed by atoms with van der Waals surface area (Å²) in [5, 5.41) is 0. The maximum Gasteiger partial charge on any atom is 0.409 e. The molecule has 1 aliphatic heterocycles. The van der Waals surface area contributed by atoms with E-state index < -0.39 is 23.9 Å². The fourth-order valence-corrected chi connectivity index (χ4v) is 4.36. The minimum Gasteiger partial charge on any atom is -0.453 e. The van der Waals surface area contributed by atoms with Crippen molar-refractivity contribution >= 4 is 23.2 Å². The lowest BCUT2D eigenvalue weighted by atomic mass is 10.2. The molecule has 0 unspecified atom stereocenters. The Kier molecular flexibility index (Phi) is 7.84. The highest BCUT2D eigenvalue weighted by Crippen LogP contribution is 2.11. The van der Waals surface area contributed by atoms with Crippen LogP contribution in [0.15, 0.2) is 46.2 Å². The molecule has 1 aromatic carbocycles. The molecule has 2 aromatic heterocycles. The Morgan fingerprint density at radius 3 is 2.42 bits per heavy atom. The number of hydrogen-bond acceptors (Lipinski definition) is 7. The lowest BCUT2D eigenvalue weighted by molar-refractivity contribution is -0.131. The number of aromatic nitrogens is 4. The topological polar surface area (TPSA) is 121 Å². The third-order valence-electron chi connectivity index (χ3n) is 6.28. The lowest BCUT2D eigenvalue weighted by Crippen LogP contribution is -2.46. The Morgan fingerprint density at radius 1 is 0.972 bits per heavy atom. The van der Waals surface area contributed by atoms with E-state index in [0.717, 1.165) is 10.1 Å². The molecule has 0 N–H and O–H groups in total. The van der Waals surface area contributed by atoms with Crippen molar-refractivity contribution in [3.63, 3.8) is 0 Å². The first kappa shape index (κ1) is 25.2. The predicted octanol–water partition coefficient (Wildman–Crippen LogP) is 0.355. The zero-order valence-electron chi connectivity index (χ0n) is 20.5. The summed E-state index contributed by atoms with van der Waals surface area (Å²) in [7, 11) is 2.88. The van der Waals surface area contributed by atoms with Gasteiger partial charge in [0.15, 0.2) is 11.2 Å². The van der Waals surface area contributed by atoms with E-state index in [2.05, 4.69) is 4.98 Å². The molecule has 12 heteroatoms. The summed E-state index contributed by atoms with van der Waals surface area (Å²) < 4.78 is 14.0. The van der Waals surface area contributed by atoms with Crippen LogP contribution in [0, 0.1) is 0 Å². The van der Waals surface area contributed by atoms with Gasteiger partial charge in [0.1, 0.15) is 6.54 Å². The van der Waals surface area contributed by atoms with Gasteiger partial charge in [0.05, 0.1) is 26.6 Å². The highest BCUT2D eigenvalue weighted by Gasteiger charge is 2.25. The molecule has 36 heavy (non-hydrogen) atoms. The van der Waals surface area contributed by atoms with Crippen molar-refractivity contribution in [2.75, 3.05) is 47.0 Å². The van der Waals surface area contributed by atoms with Crippen LogP contribution >= 0.6 is 0 Å². The van der Waals surface area contributed by atoms with Gasteiger partial charge in [0.2, 0.25) is 5.91 Å². The van der Waals surface area contributed by atoms with Gasteiger partial charge in [0.25, 0.3) is 5.56 Å². The van der Waals surface area contributed by atoms with E-state index >= 15 is 0 Å². The fraction of sp³-hybridized carbons (Fsp3) is 0.458. The summed E-state index contributed by atoms with van der Waals surface area (Å²) in [6.45, 7) is 1.99. The molecule has 4 rings (SSSR count). The van der Waals surface area contributed by atoms with Crippen LogP contribution in [-0.2, 0) is 33.9 Å². The number of imidazole rings is 1. The quantitative estimate of drug-likeness (QED) is 0.461. The molecule has 1 saturated heterocycles. The first-order valence-corrected chi connectivity index (χ1v) is 11.8. The molecule has 0 saturated carbocycles. The molecule has 2 amide bonds. The van der Waals surface area contributed by atoms with Gasteiger partial charge in [-0.2, -0.15) is 0 Å². The Balaban J connectivity index is 1.69. The largest absolute Gasteiger partial charge is 0.453 e. The van der Waals surface area contributed by atoms with Crippen molar-refractivity contribution in [2.24, 2.45) is 0 Å². The number of amides is 2. The van der Waals surface area contributed by atoms with Crippen molar-refractivity contribution in [2.45, 2.75) is 26.1 Å². The second-order valence-corrected chi connectivity index (χ2v) is 8.54. The Morgan fingerprint density at radius 2 is 1.69 bits per heavy atom. The summed E-state index contributed by atoms with van der Waals surface area (Å²) in [5.74, 6) is -0.366. The number of ether oxygens (including phenoxy) is 2. The molecule has 1 aliphatic rings. The molecular formula is C24H30N6O6. The predicted molar refractivity (Wildman–Crippen MR) is 131 cm³/mol. The molecule has 3 heterocycles. The highest BCUT2D eigenvalue weighted by molar-refractivity contribution is 5.77. The third kappa shape index (κ3) is 5.18. The number of fused-ring (bicyclic) bond motifs is 1. The average molecular weight is 499 g/mol. The first-order valence-electron chi connectivity index (χ1n) is 11.8. The molecular weight excluding hydrogens is 468 g/mol. The molecule has 0 spiro atoms. The van der Waals surface area contributed by atoms with Gasteiger partial charge in [-0.1, -0.05) is 30.3 Å². The molecule has 12 nitrogen and oxygen atoms in total. The molecule has 192 valence electrons. The maximum absolute atomic E-state index is 13.5. The van der Waals surface area contributed by atoms with E-state index in [4.69, 9.17) is 9.47 Å². The maximum atomic E-state index is 13.5. The average Bonchev–Trinajstić information content (AvgIpc) is 3.15. The van der Waals surface area contributed by atoms with Gasteiger partial charge in [-0.25, -0.2) is 19.1 Å². The second-order valence-electron chi connectivity index (χ2n) is 8.54. The van der Waals surface area contributed by atoms with Crippen molar-refractivity contribution in [1.29, 1.82) is 0 Å². The number of carbonyl (C=O) groups excluding carboxylic acids is 2. The molecule has 0 bridgehead atoms. The van der Waals surface area contributed by atoms with E-state index in [9.17, 15) is 19.2 Å². The van der Waals surface area contributed by atoms with Gasteiger partial charge < -0.3 is 23.8 Å². The van der Waals surface area contributed by atoms with E-state index in [-0.39, 0.29) is 30.2 Å². The van der Waals surface area contributed by atoms with Gasteiger partial charge in [0, 0.05) is 39.8 Å². The summed E-state index contributed by atoms with van der Waals surface area (Å²) in [6, 6.07) is 9.37. The number of carbonyl (C=O) groups is 2. The second kappa shape index (κ2) is 11.2. The normalized spacial score (nSPS) is 14.2. The van der Waals surface area contributed by atoms with Crippen LogP contribution in [0.25, 0.3) is 11.2 Å². The zero-order chi connectivity index (χ0) is 25.7. The van der Waals surface area contributed by atoms with Gasteiger partial charge in [-0.15, -0.1) is 0 Å². The van der Waals surface area contributed by atoms with Crippen molar-refractivity contribution in [3.05, 3.63) is 63.1 Å². The lowest BCUT2D eigenvalue weighted by Gasteiger charge is -2.22. The van der Waals surface area contributed by atoms with E-state index in [1.807, 2.05) is 30.3 Å². The summed E-state index contributed by atoms with van der Waals surface area (Å²) in [4.78, 5) is 59.5. The number of rotatable bonds is 7. The summed E-state index contributed by atoms with van der Waals surface area (Å²) in [6.07, 6.45) is 1.63. The Labute approximate surface area is 207 Å². The SMILES string of the molecule is COCCn1cnc2c1c(=O)n(CC(=O)N1CCCN(C(=O)OC)CC1)c(=O)n2Cc1ccccc1. The highest BCUT2D eigenvalue weighted by atomic mass is 16.5. The van der Waals surface area contributed by atoms with Crippen molar-refractivity contribution in [1.82, 2.24) is 28.5 Å². The first-order chi connectivity index (χ1) is 17.4. The Bertz CT molecular complexity index is 1340. The third-order valence-corrected chi connectivity index (χ3v) is 6.28. The van der Waals surface area contributed by atoms with Gasteiger partial charge >= 0.3 is 11.8 Å². The minimum atomic E-state index is -0.604. The van der Waals surface area contributed by atoms with Gasteiger partial charge in [-0.3, -0.25) is 14.2 Å². The Hall–Kier alpha value is -3.93. The molecule has 1 fully saturated rings. The van der Waals surface area contributed by atoms with Crippen LogP contribution in [0.2, 0.25) is 0 Å². The van der Waals surface area contributed by atoms with Crippen LogP contribution in [0.5, 0.6) is 0 Å². The smallest absolute Gasteiger partial charge is 0.409 e. The number of benzene rings is 1. The standard InChI is InChI=1S/C24H30N6O6/c1-35-14-13-28-17-25-21-20(28)22(32)30(23(33)29(21)15-18-7-4-3-5-8-18)16-19(31)26-9-6-10-27(12-11-26)24(34)36-2/h3-5,7-8,17H,6,9-16H2,1-2H3. The van der Waals surface area contributed by atoms with E-state index in [1.165, 1.54) is 22.9 Å². The van der Waals surface area contributed by atoms with E-state index in [1.54, 1.807) is 16.6 Å². The van der Waals surface area contributed by atoms with Crippen LogP contribution in [0.1, 0.15) is 12.0 Å². The number of methoxy groups -OCH3 is 2. The molecule has 0 atom stereocenters. The van der Waals surface area contributed by atoms with Crippen LogP contribution in [0.4, 0.5) is 4.79 Å². The summed E-state index contributed by atoms with van der Waals surface area (Å²) >= 11 is 0. The zero-order valence-corrected chi connectivity index (χ0v) is 20.5. The monoisotopic (exact) mass is 498 g/mol. The van der Waals surface area contributed by atoms with E-state index in [0.29, 0.717) is 39.2 Å². The van der Waals surface area contributed by atoms with Gasteiger partial charge in [-0.05, 0) is 12.0 Å². The number of hydrogen-bond donors (Lipinski definition) is 0.